The van der Waals surface area contributed by atoms with Crippen molar-refractivity contribution in [2.24, 2.45) is 7.05 Å². The highest BCUT2D eigenvalue weighted by atomic mass is 16.5. The van der Waals surface area contributed by atoms with Gasteiger partial charge in [-0.3, -0.25) is 14.2 Å². The zero-order chi connectivity index (χ0) is 24.0. The molecule has 178 valence electrons. The molecule has 1 fully saturated rings. The maximum absolute atomic E-state index is 13.1. The molecule has 4 aromatic rings. The number of amides is 1. The van der Waals surface area contributed by atoms with Crippen LogP contribution >= 0.6 is 0 Å². The molecule has 0 spiro atoms. The Morgan fingerprint density at radius 2 is 2.09 bits per heavy atom. The number of aryl methyl sites for hydroxylation is 2. The van der Waals surface area contributed by atoms with Crippen LogP contribution in [0.25, 0.3) is 22.6 Å². The van der Waals surface area contributed by atoms with Gasteiger partial charge >= 0.3 is 0 Å². The molecule has 0 unspecified atom stereocenters. The molecule has 1 atom stereocenters. The molecule has 11 nitrogen and oxygen atoms in total. The van der Waals surface area contributed by atoms with E-state index in [1.54, 1.807) is 16.9 Å². The molecule has 11 heteroatoms. The van der Waals surface area contributed by atoms with Crippen LogP contribution in [0.2, 0.25) is 0 Å². The van der Waals surface area contributed by atoms with Gasteiger partial charge in [0, 0.05) is 44.5 Å². The van der Waals surface area contributed by atoms with Crippen LogP contribution in [-0.4, -0.2) is 69.1 Å². The topological polar surface area (TPSA) is 109 Å². The summed E-state index contributed by atoms with van der Waals surface area (Å²) in [4.78, 5) is 28.5. The second-order valence-electron chi connectivity index (χ2n) is 8.84. The summed E-state index contributed by atoms with van der Waals surface area (Å²) in [7, 11) is 1.93. The van der Waals surface area contributed by atoms with Gasteiger partial charge in [0.15, 0.2) is 11.2 Å². The first-order chi connectivity index (χ1) is 16.4. The lowest BCUT2D eigenvalue weighted by Gasteiger charge is -2.18. The van der Waals surface area contributed by atoms with E-state index in [9.17, 15) is 4.79 Å². The molecule has 1 aliphatic rings. The Bertz CT molecular complexity index is 1350. The number of likely N-dealkylation sites (tertiary alicyclic amines) is 1. The molecule has 4 aromatic heterocycles. The Hall–Kier alpha value is -3.76. The Morgan fingerprint density at radius 1 is 1.26 bits per heavy atom. The van der Waals surface area contributed by atoms with Gasteiger partial charge in [0.1, 0.15) is 23.9 Å². The van der Waals surface area contributed by atoms with E-state index < -0.39 is 0 Å². The van der Waals surface area contributed by atoms with E-state index in [4.69, 9.17) is 9.72 Å². The first-order valence-electron chi connectivity index (χ1n) is 11.6. The van der Waals surface area contributed by atoms with E-state index in [0.717, 1.165) is 30.0 Å². The Kier molecular flexibility index (Phi) is 5.54. The molecule has 5 heterocycles. The lowest BCUT2D eigenvalue weighted by atomic mass is 10.2. The predicted molar refractivity (Wildman–Crippen MR) is 125 cm³/mol. The summed E-state index contributed by atoms with van der Waals surface area (Å²) in [6.07, 6.45) is 5.53. The monoisotopic (exact) mass is 463 g/mol. The molecular weight excluding hydrogens is 434 g/mol. The van der Waals surface area contributed by atoms with Crippen molar-refractivity contribution in [3.63, 3.8) is 0 Å². The third-order valence-corrected chi connectivity index (χ3v) is 6.36. The number of carbonyl (C=O) groups is 1. The van der Waals surface area contributed by atoms with Crippen molar-refractivity contribution in [1.82, 2.24) is 44.0 Å². The Morgan fingerprint density at radius 3 is 2.82 bits per heavy atom. The summed E-state index contributed by atoms with van der Waals surface area (Å²) in [5.41, 5.74) is 3.88. The van der Waals surface area contributed by atoms with Crippen molar-refractivity contribution < 1.29 is 9.53 Å². The maximum Gasteiger partial charge on any atom is 0.272 e. The highest BCUT2D eigenvalue weighted by Gasteiger charge is 2.31. The van der Waals surface area contributed by atoms with Gasteiger partial charge < -0.3 is 14.2 Å². The average molecular weight is 464 g/mol. The number of fused-ring (bicyclic) bond motifs is 1. The second-order valence-corrected chi connectivity index (χ2v) is 8.84. The number of aromatic nitrogens is 8. The van der Waals surface area contributed by atoms with Crippen molar-refractivity contribution in [2.75, 3.05) is 13.1 Å². The number of ether oxygens (including phenoxy) is 1. The van der Waals surface area contributed by atoms with Gasteiger partial charge in [-0.2, -0.15) is 15.2 Å². The number of rotatable bonds is 6. The van der Waals surface area contributed by atoms with Gasteiger partial charge in [-0.15, -0.1) is 0 Å². The zero-order valence-corrected chi connectivity index (χ0v) is 20.1. The summed E-state index contributed by atoms with van der Waals surface area (Å²) >= 11 is 0. The molecule has 0 radical (unpaired) electrons. The molecule has 0 N–H and O–H groups in total. The third-order valence-electron chi connectivity index (χ3n) is 6.36. The first-order valence-corrected chi connectivity index (χ1v) is 11.6. The highest BCUT2D eigenvalue weighted by molar-refractivity contribution is 5.92. The van der Waals surface area contributed by atoms with Gasteiger partial charge in [0.2, 0.25) is 5.88 Å². The van der Waals surface area contributed by atoms with Gasteiger partial charge in [-0.1, -0.05) is 0 Å². The maximum atomic E-state index is 13.1. The highest BCUT2D eigenvalue weighted by Crippen LogP contribution is 2.30. The van der Waals surface area contributed by atoms with Crippen molar-refractivity contribution in [3.8, 4) is 17.3 Å². The number of imidazole rings is 1. The minimum Gasteiger partial charge on any atom is -0.471 e. The Balaban J connectivity index is 1.38. The first kappa shape index (κ1) is 22.1. The van der Waals surface area contributed by atoms with Gasteiger partial charge in [0.05, 0.1) is 18.3 Å². The molecule has 34 heavy (non-hydrogen) atoms. The minimum atomic E-state index is -0.174. The van der Waals surface area contributed by atoms with Crippen LogP contribution in [0.3, 0.4) is 0 Å². The van der Waals surface area contributed by atoms with E-state index >= 15 is 0 Å². The number of nitrogens with zero attached hydrogens (tertiary/aromatic N) is 9. The lowest BCUT2D eigenvalue weighted by Crippen LogP contribution is -2.32. The van der Waals surface area contributed by atoms with Crippen molar-refractivity contribution >= 4 is 17.1 Å². The van der Waals surface area contributed by atoms with E-state index in [-0.39, 0.29) is 18.1 Å². The quantitative estimate of drug-likeness (QED) is 0.432. The summed E-state index contributed by atoms with van der Waals surface area (Å²) in [6, 6.07) is 1.88. The second kappa shape index (κ2) is 8.54. The molecule has 0 bridgehead atoms. The van der Waals surface area contributed by atoms with Crippen molar-refractivity contribution in [1.29, 1.82) is 0 Å². The lowest BCUT2D eigenvalue weighted by molar-refractivity contribution is 0.0757. The predicted octanol–water partition coefficient (Wildman–Crippen LogP) is 2.63. The smallest absolute Gasteiger partial charge is 0.272 e. The molecule has 1 saturated heterocycles. The molecule has 0 saturated carbocycles. The van der Waals surface area contributed by atoms with Crippen molar-refractivity contribution in [2.45, 2.75) is 52.8 Å². The average Bonchev–Trinajstić information content (AvgIpc) is 3.60. The van der Waals surface area contributed by atoms with Gasteiger partial charge in [-0.25, -0.2) is 9.97 Å². The van der Waals surface area contributed by atoms with Crippen LogP contribution in [0.15, 0.2) is 24.8 Å². The zero-order valence-electron chi connectivity index (χ0n) is 20.1. The summed E-state index contributed by atoms with van der Waals surface area (Å²) in [5, 5.41) is 8.72. The Labute approximate surface area is 197 Å². The SMILES string of the molecule is CCn1ncc(-c2nc3c(O[C@H]4CCN(C(=O)c5ccnn5C(C)C)C4)ncnc3n2C)c1C. The van der Waals surface area contributed by atoms with Crippen LogP contribution in [0.4, 0.5) is 0 Å². The standard InChI is InChI=1S/C23H29N9O2/c1-6-31-15(4)17(11-27-31)20-28-19-21(29(20)5)24-13-25-22(19)34-16-8-10-30(12-16)23(33)18-7-9-26-32(18)14(2)3/h7,9,11,13-14,16H,6,8,10,12H2,1-5H3/t16-/m0/s1. The van der Waals surface area contributed by atoms with Crippen LogP contribution in [0.1, 0.15) is 49.4 Å². The molecule has 1 aliphatic heterocycles. The van der Waals surface area contributed by atoms with Crippen LogP contribution in [0, 0.1) is 6.92 Å². The molecule has 1 amide bonds. The molecular formula is C23H29N9O2. The number of hydrogen-bond acceptors (Lipinski definition) is 7. The van der Waals surface area contributed by atoms with Crippen molar-refractivity contribution in [3.05, 3.63) is 36.2 Å². The summed E-state index contributed by atoms with van der Waals surface area (Å²) in [5.74, 6) is 1.16. The summed E-state index contributed by atoms with van der Waals surface area (Å²) < 4.78 is 11.9. The van der Waals surface area contributed by atoms with Crippen LogP contribution in [0.5, 0.6) is 5.88 Å². The minimum absolute atomic E-state index is 0.0336. The van der Waals surface area contributed by atoms with Crippen LogP contribution in [-0.2, 0) is 13.6 Å². The normalized spacial score (nSPS) is 16.2. The van der Waals surface area contributed by atoms with E-state index in [1.807, 2.05) is 48.2 Å². The number of carbonyl (C=O) groups excluding carboxylic acids is 1. The van der Waals surface area contributed by atoms with Gasteiger partial charge in [-0.05, 0) is 33.8 Å². The number of hydrogen-bond donors (Lipinski definition) is 0. The summed E-state index contributed by atoms with van der Waals surface area (Å²) in [6.45, 7) is 10.00. The van der Waals surface area contributed by atoms with Gasteiger partial charge in [0.25, 0.3) is 5.91 Å². The van der Waals surface area contributed by atoms with E-state index in [2.05, 4.69) is 27.1 Å². The fourth-order valence-electron chi connectivity index (χ4n) is 4.51. The molecule has 0 aromatic carbocycles. The third kappa shape index (κ3) is 3.61. The van der Waals surface area contributed by atoms with E-state index in [0.29, 0.717) is 35.8 Å². The van der Waals surface area contributed by atoms with Crippen LogP contribution < -0.4 is 4.74 Å². The fraction of sp³-hybridized carbons (Fsp3) is 0.478. The largest absolute Gasteiger partial charge is 0.471 e. The van der Waals surface area contributed by atoms with E-state index in [1.165, 1.54) is 6.33 Å². The molecule has 0 aliphatic carbocycles. The molecule has 5 rings (SSSR count). The fourth-order valence-corrected chi connectivity index (χ4v) is 4.51.